The van der Waals surface area contributed by atoms with Gasteiger partial charge in [0.15, 0.2) is 0 Å². The maximum Gasteiger partial charge on any atom is 0.266 e. The first-order chi connectivity index (χ1) is 10.7. The minimum atomic E-state index is -0.256. The van der Waals surface area contributed by atoms with Gasteiger partial charge < -0.3 is 15.0 Å². The van der Waals surface area contributed by atoms with Gasteiger partial charge in [0.05, 0.1) is 18.1 Å². The van der Waals surface area contributed by atoms with E-state index >= 15 is 0 Å². The lowest BCUT2D eigenvalue weighted by molar-refractivity contribution is 0.0944. The van der Waals surface area contributed by atoms with Gasteiger partial charge in [-0.25, -0.2) is 0 Å². The van der Waals surface area contributed by atoms with Gasteiger partial charge in [-0.05, 0) is 31.0 Å². The highest BCUT2D eigenvalue weighted by atomic mass is 16.5. The largest absolute Gasteiger partial charge is 0.382 e. The van der Waals surface area contributed by atoms with Gasteiger partial charge in [0.1, 0.15) is 0 Å². The predicted octanol–water partition coefficient (Wildman–Crippen LogP) is 1.59. The molecule has 0 saturated carbocycles. The monoisotopic (exact) mass is 301 g/mol. The molecule has 6 heteroatoms. The van der Waals surface area contributed by atoms with Crippen LogP contribution in [0.1, 0.15) is 23.7 Å². The summed E-state index contributed by atoms with van der Waals surface area (Å²) in [5, 5.41) is 2.84. The molecule has 0 fully saturated rings. The summed E-state index contributed by atoms with van der Waals surface area (Å²) < 4.78 is 5.21. The van der Waals surface area contributed by atoms with Crippen molar-refractivity contribution in [3.63, 3.8) is 0 Å². The number of aromatic nitrogens is 2. The Morgan fingerprint density at radius 3 is 2.73 bits per heavy atom. The first-order valence-corrected chi connectivity index (χ1v) is 7.21. The van der Waals surface area contributed by atoms with Crippen LogP contribution in [0.5, 0.6) is 0 Å². The number of hydrogen-bond donors (Lipinski definition) is 2. The van der Waals surface area contributed by atoms with E-state index in [1.165, 1.54) is 6.20 Å². The Morgan fingerprint density at radius 2 is 2.05 bits per heavy atom. The molecule has 1 aromatic heterocycles. The van der Waals surface area contributed by atoms with Crippen LogP contribution in [0.15, 0.2) is 41.5 Å². The molecule has 1 heterocycles. The average molecular weight is 301 g/mol. The smallest absolute Gasteiger partial charge is 0.266 e. The number of aromatic amines is 1. The van der Waals surface area contributed by atoms with Crippen molar-refractivity contribution in [1.29, 1.82) is 0 Å². The van der Waals surface area contributed by atoms with Crippen molar-refractivity contribution in [2.75, 3.05) is 19.8 Å². The van der Waals surface area contributed by atoms with Gasteiger partial charge >= 0.3 is 0 Å². The Balaban J connectivity index is 1.94. The summed E-state index contributed by atoms with van der Waals surface area (Å²) in [4.78, 5) is 29.7. The topological polar surface area (TPSA) is 84.1 Å². The highest BCUT2D eigenvalue weighted by molar-refractivity contribution is 5.94. The first kappa shape index (κ1) is 15.9. The van der Waals surface area contributed by atoms with Crippen molar-refractivity contribution >= 4 is 5.91 Å². The number of ether oxygens (including phenoxy) is 1. The van der Waals surface area contributed by atoms with Crippen molar-refractivity contribution in [3.05, 3.63) is 52.6 Å². The Labute approximate surface area is 128 Å². The highest BCUT2D eigenvalue weighted by Gasteiger charge is 2.05. The van der Waals surface area contributed by atoms with Crippen LogP contribution in [-0.2, 0) is 4.74 Å². The second-order valence-corrected chi connectivity index (χ2v) is 4.69. The Morgan fingerprint density at radius 1 is 1.27 bits per heavy atom. The first-order valence-electron chi connectivity index (χ1n) is 7.21. The van der Waals surface area contributed by atoms with E-state index in [9.17, 15) is 9.59 Å². The van der Waals surface area contributed by atoms with Gasteiger partial charge in [-0.1, -0.05) is 12.1 Å². The normalized spacial score (nSPS) is 10.4. The molecule has 0 unspecified atom stereocenters. The van der Waals surface area contributed by atoms with Crippen LogP contribution < -0.4 is 10.9 Å². The average Bonchev–Trinajstić information content (AvgIpc) is 2.54. The zero-order valence-electron chi connectivity index (χ0n) is 12.5. The summed E-state index contributed by atoms with van der Waals surface area (Å²) in [5.74, 6) is -0.122. The maximum absolute atomic E-state index is 12.0. The summed E-state index contributed by atoms with van der Waals surface area (Å²) in [7, 11) is 0. The molecular weight excluding hydrogens is 282 g/mol. The van der Waals surface area contributed by atoms with Crippen molar-refractivity contribution in [2.24, 2.45) is 0 Å². The van der Waals surface area contributed by atoms with Gasteiger partial charge in [-0.3, -0.25) is 14.6 Å². The molecule has 2 rings (SSSR count). The summed E-state index contributed by atoms with van der Waals surface area (Å²) in [5.41, 5.74) is 1.74. The van der Waals surface area contributed by atoms with E-state index in [4.69, 9.17) is 4.74 Å². The van der Waals surface area contributed by atoms with Gasteiger partial charge in [-0.15, -0.1) is 0 Å². The molecule has 1 amide bonds. The number of H-pyrrole nitrogens is 1. The number of nitrogens with one attached hydrogen (secondary N) is 2. The van der Waals surface area contributed by atoms with Crippen LogP contribution in [0.3, 0.4) is 0 Å². The molecule has 0 aliphatic heterocycles. The lowest BCUT2D eigenvalue weighted by Crippen LogP contribution is -2.25. The van der Waals surface area contributed by atoms with Crippen LogP contribution in [0, 0.1) is 0 Å². The molecule has 0 spiro atoms. The van der Waals surface area contributed by atoms with Crippen LogP contribution in [0.4, 0.5) is 0 Å². The number of nitrogens with zero attached hydrogens (tertiary/aromatic N) is 1. The van der Waals surface area contributed by atoms with Crippen LogP contribution in [-0.4, -0.2) is 35.6 Å². The zero-order chi connectivity index (χ0) is 15.8. The van der Waals surface area contributed by atoms with Gasteiger partial charge in [0.2, 0.25) is 0 Å². The Bertz CT molecular complexity index is 665. The fraction of sp³-hybridized carbons (Fsp3) is 0.312. The molecule has 6 nitrogen and oxygen atoms in total. The number of carbonyl (C=O) groups excluding carboxylic acids is 1. The summed E-state index contributed by atoms with van der Waals surface area (Å²) in [6, 6.07) is 7.00. The third-order valence-corrected chi connectivity index (χ3v) is 3.07. The van der Waals surface area contributed by atoms with Crippen LogP contribution in [0.25, 0.3) is 11.3 Å². The molecule has 1 aromatic carbocycles. The standard InChI is InChI=1S/C16H19N3O3/c1-2-22-9-3-8-18-16(21)13-6-4-12(5-7-13)14-10-17-11-15(20)19-14/h4-7,10-11H,2-3,8-9H2,1H3,(H,18,21)(H,19,20). The number of hydrogen-bond acceptors (Lipinski definition) is 4. The lowest BCUT2D eigenvalue weighted by atomic mass is 10.1. The van der Waals surface area contributed by atoms with Crippen LogP contribution in [0.2, 0.25) is 0 Å². The molecule has 0 saturated heterocycles. The van der Waals surface area contributed by atoms with E-state index in [0.717, 1.165) is 12.0 Å². The van der Waals surface area contributed by atoms with Crippen molar-refractivity contribution in [1.82, 2.24) is 15.3 Å². The Hall–Kier alpha value is -2.47. The second kappa shape index (κ2) is 8.09. The number of carbonyl (C=O) groups is 1. The molecule has 2 N–H and O–H groups in total. The summed E-state index contributed by atoms with van der Waals surface area (Å²) in [6.45, 7) is 3.85. The van der Waals surface area contributed by atoms with E-state index < -0.39 is 0 Å². The molecule has 0 aliphatic carbocycles. The van der Waals surface area contributed by atoms with Gasteiger partial charge in [0, 0.05) is 25.3 Å². The third-order valence-electron chi connectivity index (χ3n) is 3.07. The highest BCUT2D eigenvalue weighted by Crippen LogP contribution is 2.15. The molecule has 22 heavy (non-hydrogen) atoms. The van der Waals surface area contributed by atoms with E-state index in [-0.39, 0.29) is 11.5 Å². The number of rotatable bonds is 7. The summed E-state index contributed by atoms with van der Waals surface area (Å²) >= 11 is 0. The van der Waals surface area contributed by atoms with Crippen molar-refractivity contribution in [3.8, 4) is 11.3 Å². The molecular formula is C16H19N3O3. The van der Waals surface area contributed by atoms with Gasteiger partial charge in [-0.2, -0.15) is 0 Å². The molecule has 0 bridgehead atoms. The molecule has 0 aliphatic rings. The fourth-order valence-electron chi connectivity index (χ4n) is 1.95. The van der Waals surface area contributed by atoms with Gasteiger partial charge in [0.25, 0.3) is 11.5 Å². The minimum Gasteiger partial charge on any atom is -0.382 e. The van der Waals surface area contributed by atoms with E-state index in [0.29, 0.717) is 31.0 Å². The van der Waals surface area contributed by atoms with E-state index in [1.807, 2.05) is 6.92 Å². The SMILES string of the molecule is CCOCCCNC(=O)c1ccc(-c2cncc(=O)[nH]2)cc1. The van der Waals surface area contributed by atoms with Crippen LogP contribution >= 0.6 is 0 Å². The lowest BCUT2D eigenvalue weighted by Gasteiger charge is -2.06. The van der Waals surface area contributed by atoms with E-state index in [2.05, 4.69) is 15.3 Å². The second-order valence-electron chi connectivity index (χ2n) is 4.69. The Kier molecular flexibility index (Phi) is 5.85. The molecule has 0 radical (unpaired) electrons. The molecule has 2 aromatic rings. The van der Waals surface area contributed by atoms with Crippen molar-refractivity contribution in [2.45, 2.75) is 13.3 Å². The minimum absolute atomic E-state index is 0.122. The summed E-state index contributed by atoms with van der Waals surface area (Å²) in [6.07, 6.45) is 3.58. The molecule has 0 atom stereocenters. The number of amides is 1. The quantitative estimate of drug-likeness (QED) is 0.761. The maximum atomic E-state index is 12.0. The zero-order valence-corrected chi connectivity index (χ0v) is 12.5. The van der Waals surface area contributed by atoms with E-state index in [1.54, 1.807) is 30.5 Å². The third kappa shape index (κ3) is 4.53. The predicted molar refractivity (Wildman–Crippen MR) is 83.7 cm³/mol. The van der Waals surface area contributed by atoms with Crippen molar-refractivity contribution < 1.29 is 9.53 Å². The molecule has 116 valence electrons. The number of benzene rings is 1. The fourth-order valence-corrected chi connectivity index (χ4v) is 1.95.